The van der Waals surface area contributed by atoms with Gasteiger partial charge in [-0.3, -0.25) is 4.90 Å². The molecule has 2 atom stereocenters. The van der Waals surface area contributed by atoms with Crippen LogP contribution in [0.5, 0.6) is 5.75 Å². The summed E-state index contributed by atoms with van der Waals surface area (Å²) in [7, 11) is 1.70. The molecule has 2 aromatic rings. The first kappa shape index (κ1) is 17.2. The summed E-state index contributed by atoms with van der Waals surface area (Å²) in [6.45, 7) is 3.79. The van der Waals surface area contributed by atoms with Crippen molar-refractivity contribution >= 4 is 11.4 Å². The molecule has 3 N–H and O–H groups in total. The molecular formula is C21H27N3O2. The van der Waals surface area contributed by atoms with Crippen molar-refractivity contribution in [1.82, 2.24) is 4.90 Å². The fraction of sp³-hybridized carbons (Fsp3) is 0.429. The van der Waals surface area contributed by atoms with Gasteiger partial charge in [0.05, 0.1) is 13.2 Å². The van der Waals surface area contributed by atoms with E-state index in [1.54, 1.807) is 7.11 Å². The van der Waals surface area contributed by atoms with Gasteiger partial charge in [-0.2, -0.15) is 0 Å². The number of rotatable bonds is 3. The molecule has 0 aromatic heterocycles. The van der Waals surface area contributed by atoms with Crippen LogP contribution in [0, 0.1) is 0 Å². The van der Waals surface area contributed by atoms with Crippen molar-refractivity contribution in [3.05, 3.63) is 53.6 Å². The first-order chi connectivity index (χ1) is 12.7. The zero-order chi connectivity index (χ0) is 18.1. The summed E-state index contributed by atoms with van der Waals surface area (Å²) < 4.78 is 5.34. The van der Waals surface area contributed by atoms with Crippen LogP contribution in [0.2, 0.25) is 0 Å². The van der Waals surface area contributed by atoms with Crippen LogP contribution in [0.4, 0.5) is 11.4 Å². The molecule has 1 saturated heterocycles. The van der Waals surface area contributed by atoms with Crippen LogP contribution in [0.15, 0.2) is 42.5 Å². The Morgan fingerprint density at radius 2 is 1.81 bits per heavy atom. The van der Waals surface area contributed by atoms with Gasteiger partial charge in [-0.25, -0.2) is 0 Å². The summed E-state index contributed by atoms with van der Waals surface area (Å²) in [5.41, 5.74) is 10.7. The number of fused-ring (bicyclic) bond motifs is 1. The predicted molar refractivity (Wildman–Crippen MR) is 105 cm³/mol. The number of aliphatic hydroxyl groups excluding tert-OH is 1. The number of methoxy groups -OCH3 is 1. The second kappa shape index (κ2) is 7.17. The maximum absolute atomic E-state index is 10.7. The van der Waals surface area contributed by atoms with Crippen LogP contribution in [0.25, 0.3) is 0 Å². The van der Waals surface area contributed by atoms with Crippen molar-refractivity contribution in [2.45, 2.75) is 25.0 Å². The molecule has 138 valence electrons. The Morgan fingerprint density at radius 1 is 1.04 bits per heavy atom. The first-order valence-electron chi connectivity index (χ1n) is 9.33. The third-order valence-electron chi connectivity index (χ3n) is 5.80. The van der Waals surface area contributed by atoms with Gasteiger partial charge in [0.25, 0.3) is 0 Å². The Balaban J connectivity index is 1.44. The summed E-state index contributed by atoms with van der Waals surface area (Å²) >= 11 is 0. The number of anilines is 2. The molecule has 1 fully saturated rings. The van der Waals surface area contributed by atoms with E-state index in [9.17, 15) is 5.11 Å². The number of piperazine rings is 1. The predicted octanol–water partition coefficient (Wildman–Crippen LogP) is 1.93. The third kappa shape index (κ3) is 3.24. The zero-order valence-corrected chi connectivity index (χ0v) is 15.3. The molecule has 5 nitrogen and oxygen atoms in total. The number of nitrogens with zero attached hydrogens (tertiary/aromatic N) is 2. The number of aliphatic hydroxyl groups is 1. The van der Waals surface area contributed by atoms with Crippen molar-refractivity contribution in [2.24, 2.45) is 0 Å². The van der Waals surface area contributed by atoms with Gasteiger partial charge >= 0.3 is 0 Å². The molecule has 26 heavy (non-hydrogen) atoms. The number of nitrogens with two attached hydrogens (primary N) is 1. The van der Waals surface area contributed by atoms with Crippen molar-refractivity contribution in [2.75, 3.05) is 43.9 Å². The number of benzene rings is 2. The number of hydrogen-bond donors (Lipinski definition) is 2. The SMILES string of the molecule is COc1cccc(N2CCN(C3Cc4c(N)cccc4CC3O)CC2)c1. The zero-order valence-electron chi connectivity index (χ0n) is 15.3. The van der Waals surface area contributed by atoms with Crippen molar-refractivity contribution < 1.29 is 9.84 Å². The summed E-state index contributed by atoms with van der Waals surface area (Å²) in [5, 5.41) is 10.7. The van der Waals surface area contributed by atoms with E-state index >= 15 is 0 Å². The number of hydrogen-bond acceptors (Lipinski definition) is 5. The molecule has 0 bridgehead atoms. The lowest BCUT2D eigenvalue weighted by atomic mass is 9.84. The Labute approximate surface area is 155 Å². The smallest absolute Gasteiger partial charge is 0.120 e. The molecule has 0 radical (unpaired) electrons. The number of nitrogen functional groups attached to an aromatic ring is 1. The highest BCUT2D eigenvalue weighted by Crippen LogP contribution is 2.30. The highest BCUT2D eigenvalue weighted by atomic mass is 16.5. The van der Waals surface area contributed by atoms with E-state index in [2.05, 4.69) is 28.0 Å². The van der Waals surface area contributed by atoms with Crippen LogP contribution in [0.3, 0.4) is 0 Å². The van der Waals surface area contributed by atoms with Gasteiger partial charge in [0, 0.05) is 56.1 Å². The molecule has 2 aliphatic rings. The van der Waals surface area contributed by atoms with Gasteiger partial charge in [0.2, 0.25) is 0 Å². The van der Waals surface area contributed by atoms with Crippen LogP contribution in [-0.4, -0.2) is 55.4 Å². The van der Waals surface area contributed by atoms with E-state index in [0.717, 1.165) is 44.0 Å². The monoisotopic (exact) mass is 353 g/mol. The van der Waals surface area contributed by atoms with E-state index in [1.807, 2.05) is 24.3 Å². The first-order valence-corrected chi connectivity index (χ1v) is 9.33. The Hall–Kier alpha value is -2.24. The topological polar surface area (TPSA) is 62.0 Å². The Bertz CT molecular complexity index is 772. The Morgan fingerprint density at radius 3 is 2.58 bits per heavy atom. The van der Waals surface area contributed by atoms with Gasteiger partial charge < -0.3 is 20.5 Å². The maximum atomic E-state index is 10.7. The summed E-state index contributed by atoms with van der Waals surface area (Å²) in [6.07, 6.45) is 1.20. The molecule has 5 heteroatoms. The maximum Gasteiger partial charge on any atom is 0.120 e. The molecule has 4 rings (SSSR count). The lowest BCUT2D eigenvalue weighted by molar-refractivity contribution is 0.0397. The average molecular weight is 353 g/mol. The molecule has 1 aliphatic carbocycles. The fourth-order valence-corrected chi connectivity index (χ4v) is 4.29. The van der Waals surface area contributed by atoms with E-state index < -0.39 is 0 Å². The third-order valence-corrected chi connectivity index (χ3v) is 5.80. The highest BCUT2D eigenvalue weighted by molar-refractivity contribution is 5.53. The molecule has 0 saturated carbocycles. The van der Waals surface area contributed by atoms with Gasteiger partial charge in [0.1, 0.15) is 5.75 Å². The normalized spacial score (nSPS) is 23.5. The van der Waals surface area contributed by atoms with Gasteiger partial charge in [-0.1, -0.05) is 18.2 Å². The van der Waals surface area contributed by atoms with Crippen LogP contribution in [0.1, 0.15) is 11.1 Å². The van der Waals surface area contributed by atoms with E-state index in [1.165, 1.54) is 16.8 Å². The van der Waals surface area contributed by atoms with Gasteiger partial charge in [0.15, 0.2) is 0 Å². The lowest BCUT2D eigenvalue weighted by Crippen LogP contribution is -2.56. The second-order valence-electron chi connectivity index (χ2n) is 7.25. The van der Waals surface area contributed by atoms with Crippen molar-refractivity contribution in [3.63, 3.8) is 0 Å². The molecule has 1 aliphatic heterocycles. The average Bonchev–Trinajstić information content (AvgIpc) is 2.68. The quantitative estimate of drug-likeness (QED) is 0.826. The Kier molecular flexibility index (Phi) is 4.74. The highest BCUT2D eigenvalue weighted by Gasteiger charge is 2.34. The molecule has 0 spiro atoms. The minimum atomic E-state index is -0.326. The van der Waals surface area contributed by atoms with Crippen LogP contribution < -0.4 is 15.4 Å². The molecule has 2 unspecified atom stereocenters. The largest absolute Gasteiger partial charge is 0.497 e. The molecule has 1 heterocycles. The molecular weight excluding hydrogens is 326 g/mol. The summed E-state index contributed by atoms with van der Waals surface area (Å²) in [5.74, 6) is 0.889. The molecule has 2 aromatic carbocycles. The van der Waals surface area contributed by atoms with E-state index in [-0.39, 0.29) is 12.1 Å². The van der Waals surface area contributed by atoms with Gasteiger partial charge in [-0.15, -0.1) is 0 Å². The minimum absolute atomic E-state index is 0.152. The van der Waals surface area contributed by atoms with Crippen LogP contribution >= 0.6 is 0 Å². The fourth-order valence-electron chi connectivity index (χ4n) is 4.29. The summed E-state index contributed by atoms with van der Waals surface area (Å²) in [4.78, 5) is 4.81. The minimum Gasteiger partial charge on any atom is -0.497 e. The van der Waals surface area contributed by atoms with E-state index in [0.29, 0.717) is 6.42 Å². The van der Waals surface area contributed by atoms with Gasteiger partial charge in [-0.05, 0) is 35.7 Å². The van der Waals surface area contributed by atoms with Crippen LogP contribution in [-0.2, 0) is 12.8 Å². The van der Waals surface area contributed by atoms with E-state index in [4.69, 9.17) is 10.5 Å². The standard InChI is InChI=1S/C21H27N3O2/c1-26-17-6-3-5-16(13-17)23-8-10-24(11-9-23)20-14-18-15(12-21(20)25)4-2-7-19(18)22/h2-7,13,20-21,25H,8-12,14,22H2,1H3. The van der Waals surface area contributed by atoms with Crippen molar-refractivity contribution in [1.29, 1.82) is 0 Å². The summed E-state index contributed by atoms with van der Waals surface area (Å²) in [6, 6.07) is 14.4. The number of ether oxygens (including phenoxy) is 1. The van der Waals surface area contributed by atoms with Crippen molar-refractivity contribution in [3.8, 4) is 5.75 Å². The lowest BCUT2D eigenvalue weighted by Gasteiger charge is -2.43. The molecule has 0 amide bonds. The second-order valence-corrected chi connectivity index (χ2v) is 7.25.